The summed E-state index contributed by atoms with van der Waals surface area (Å²) >= 11 is 1.49. The Balaban J connectivity index is 2.19. The molecule has 0 unspecified atom stereocenters. The van der Waals surface area contributed by atoms with E-state index in [2.05, 4.69) is 4.98 Å². The van der Waals surface area contributed by atoms with Gasteiger partial charge in [0.1, 0.15) is 5.75 Å². The second kappa shape index (κ2) is 7.04. The molecule has 0 saturated carbocycles. The zero-order valence-corrected chi connectivity index (χ0v) is 14.8. The van der Waals surface area contributed by atoms with E-state index in [0.29, 0.717) is 11.3 Å². The Morgan fingerprint density at radius 3 is 2.26 bits per heavy atom. The van der Waals surface area contributed by atoms with Crippen molar-refractivity contribution < 1.29 is 14.3 Å². The van der Waals surface area contributed by atoms with Crippen molar-refractivity contribution in [3.8, 4) is 5.75 Å². The van der Waals surface area contributed by atoms with Gasteiger partial charge in [-0.2, -0.15) is 0 Å². The van der Waals surface area contributed by atoms with E-state index in [1.807, 2.05) is 45.0 Å². The van der Waals surface area contributed by atoms with Gasteiger partial charge in [0.25, 0.3) is 0 Å². The lowest BCUT2D eigenvalue weighted by atomic mass is 10.0. The van der Waals surface area contributed by atoms with Crippen molar-refractivity contribution in [3.63, 3.8) is 0 Å². The van der Waals surface area contributed by atoms with Crippen LogP contribution in [0.3, 0.4) is 0 Å². The van der Waals surface area contributed by atoms with Crippen LogP contribution < -0.4 is 4.74 Å². The minimum absolute atomic E-state index is 0.00100. The largest absolute Gasteiger partial charge is 0.497 e. The van der Waals surface area contributed by atoms with Crippen molar-refractivity contribution in [1.82, 2.24) is 4.98 Å². The van der Waals surface area contributed by atoms with Crippen LogP contribution in [0, 0.1) is 13.8 Å². The van der Waals surface area contributed by atoms with Crippen LogP contribution in [0.15, 0.2) is 29.2 Å². The maximum absolute atomic E-state index is 12.7. The molecular formula is C18H21NO3S. The number of ether oxygens (including phenoxy) is 1. The number of carbonyl (C=O) groups excluding carboxylic acids is 2. The summed E-state index contributed by atoms with van der Waals surface area (Å²) < 4.78 is 5.13. The van der Waals surface area contributed by atoms with Gasteiger partial charge >= 0.3 is 0 Å². The van der Waals surface area contributed by atoms with Gasteiger partial charge in [-0.3, -0.25) is 9.59 Å². The Morgan fingerprint density at radius 2 is 1.78 bits per heavy atom. The van der Waals surface area contributed by atoms with Gasteiger partial charge in [0.05, 0.1) is 18.1 Å². The fourth-order valence-electron chi connectivity index (χ4n) is 2.64. The summed E-state index contributed by atoms with van der Waals surface area (Å²) in [6.07, 6.45) is 0. The highest BCUT2D eigenvalue weighted by atomic mass is 32.2. The predicted octanol–water partition coefficient (Wildman–Crippen LogP) is 4.21. The third-order valence-corrected chi connectivity index (χ3v) is 4.89. The Bertz CT molecular complexity index is 731. The third kappa shape index (κ3) is 3.67. The summed E-state index contributed by atoms with van der Waals surface area (Å²) in [5, 5.41) is -0.250. The first-order valence-electron chi connectivity index (χ1n) is 7.40. The summed E-state index contributed by atoms with van der Waals surface area (Å²) in [6.45, 7) is 7.03. The van der Waals surface area contributed by atoms with Gasteiger partial charge in [-0.25, -0.2) is 0 Å². The number of ketones is 2. The summed E-state index contributed by atoms with van der Waals surface area (Å²) in [5.74, 6) is 0.764. The van der Waals surface area contributed by atoms with Crippen molar-refractivity contribution >= 4 is 23.3 Å². The molecule has 1 heterocycles. The number of rotatable bonds is 6. The van der Waals surface area contributed by atoms with Crippen LogP contribution in [0.4, 0.5) is 0 Å². The van der Waals surface area contributed by atoms with E-state index >= 15 is 0 Å². The first-order chi connectivity index (χ1) is 10.8. The lowest BCUT2D eigenvalue weighted by molar-refractivity contribution is 0.0988. The molecule has 0 aliphatic rings. The van der Waals surface area contributed by atoms with Crippen LogP contribution in [-0.4, -0.2) is 28.9 Å². The quantitative estimate of drug-likeness (QED) is 0.636. The zero-order valence-electron chi connectivity index (χ0n) is 14.0. The van der Waals surface area contributed by atoms with E-state index in [4.69, 9.17) is 4.74 Å². The van der Waals surface area contributed by atoms with Crippen molar-refractivity contribution in [2.24, 2.45) is 0 Å². The molecule has 122 valence electrons. The smallest absolute Gasteiger partial charge is 0.192 e. The molecule has 1 N–H and O–H groups in total. The van der Waals surface area contributed by atoms with E-state index < -0.39 is 0 Å². The number of H-pyrrole nitrogens is 1. The summed E-state index contributed by atoms with van der Waals surface area (Å²) in [5.41, 5.74) is 2.64. The highest BCUT2D eigenvalue weighted by Crippen LogP contribution is 2.29. The van der Waals surface area contributed by atoms with Gasteiger partial charge in [-0.05, 0) is 57.5 Å². The molecule has 0 saturated heterocycles. The van der Waals surface area contributed by atoms with Gasteiger partial charge in [0.15, 0.2) is 11.6 Å². The van der Waals surface area contributed by atoms with E-state index in [-0.39, 0.29) is 16.8 Å². The summed E-state index contributed by atoms with van der Waals surface area (Å²) in [6, 6.07) is 7.61. The lowest BCUT2D eigenvalue weighted by Crippen LogP contribution is -2.15. The number of carbonyl (C=O) groups is 2. The Labute approximate surface area is 140 Å². The fourth-order valence-corrected chi connectivity index (χ4v) is 3.57. The molecule has 4 nitrogen and oxygen atoms in total. The number of aromatic nitrogens is 1. The minimum atomic E-state index is -0.250. The number of hydrogen-bond acceptors (Lipinski definition) is 4. The second-order valence-corrected chi connectivity index (χ2v) is 6.90. The standard InChI is InChI=1S/C18H21NO3S/c1-10-16(12(3)20)11(2)19-17(10)18(21)13(4)23-15-8-6-14(22-5)7-9-15/h6-9,13,19H,1-5H3/t13-/m1/s1. The Kier molecular flexibility index (Phi) is 5.31. The molecule has 0 spiro atoms. The fraction of sp³-hybridized carbons (Fsp3) is 0.333. The number of thioether (sulfide) groups is 1. The van der Waals surface area contributed by atoms with Crippen LogP contribution in [0.2, 0.25) is 0 Å². The normalized spacial score (nSPS) is 12.0. The number of nitrogens with one attached hydrogen (secondary N) is 1. The number of aryl methyl sites for hydroxylation is 1. The van der Waals surface area contributed by atoms with E-state index in [9.17, 15) is 9.59 Å². The molecule has 0 radical (unpaired) electrons. The van der Waals surface area contributed by atoms with Crippen molar-refractivity contribution in [2.75, 3.05) is 7.11 Å². The average Bonchev–Trinajstić information content (AvgIpc) is 2.82. The molecule has 0 aliphatic heterocycles. The van der Waals surface area contributed by atoms with Crippen LogP contribution in [-0.2, 0) is 0 Å². The summed E-state index contributed by atoms with van der Waals surface area (Å²) in [7, 11) is 1.62. The van der Waals surface area contributed by atoms with Gasteiger partial charge in [-0.15, -0.1) is 11.8 Å². The second-order valence-electron chi connectivity index (χ2n) is 5.48. The van der Waals surface area contributed by atoms with Crippen LogP contribution >= 0.6 is 11.8 Å². The minimum Gasteiger partial charge on any atom is -0.497 e. The van der Waals surface area contributed by atoms with E-state index in [0.717, 1.165) is 21.9 Å². The molecule has 0 aliphatic carbocycles. The number of Topliss-reactive ketones (excluding diaryl/α,β-unsaturated/α-hetero) is 2. The highest BCUT2D eigenvalue weighted by Gasteiger charge is 2.24. The van der Waals surface area contributed by atoms with Crippen molar-refractivity contribution in [1.29, 1.82) is 0 Å². The molecule has 0 bridgehead atoms. The van der Waals surface area contributed by atoms with Gasteiger partial charge in [0, 0.05) is 16.2 Å². The average molecular weight is 331 g/mol. The Hall–Kier alpha value is -2.01. The molecule has 0 amide bonds. The number of aromatic amines is 1. The molecule has 2 rings (SSSR count). The molecule has 2 aromatic rings. The van der Waals surface area contributed by atoms with Crippen LogP contribution in [0.25, 0.3) is 0 Å². The molecule has 5 heteroatoms. The third-order valence-electron chi connectivity index (χ3n) is 3.78. The van der Waals surface area contributed by atoms with Gasteiger partial charge in [-0.1, -0.05) is 0 Å². The molecule has 1 aromatic heterocycles. The van der Waals surface area contributed by atoms with Gasteiger partial charge < -0.3 is 9.72 Å². The number of hydrogen-bond donors (Lipinski definition) is 1. The zero-order chi connectivity index (χ0) is 17.1. The first-order valence-corrected chi connectivity index (χ1v) is 8.28. The van der Waals surface area contributed by atoms with E-state index in [1.54, 1.807) is 7.11 Å². The Morgan fingerprint density at radius 1 is 1.17 bits per heavy atom. The molecule has 23 heavy (non-hydrogen) atoms. The topological polar surface area (TPSA) is 59.2 Å². The number of benzene rings is 1. The van der Waals surface area contributed by atoms with Crippen molar-refractivity contribution in [3.05, 3.63) is 46.8 Å². The number of methoxy groups -OCH3 is 1. The maximum Gasteiger partial charge on any atom is 0.192 e. The molecular weight excluding hydrogens is 310 g/mol. The SMILES string of the molecule is COc1ccc(S[C@H](C)C(=O)c2[nH]c(C)c(C(C)=O)c2C)cc1. The first kappa shape index (κ1) is 17.3. The van der Waals surface area contributed by atoms with Crippen LogP contribution in [0.1, 0.15) is 46.0 Å². The maximum atomic E-state index is 12.7. The molecule has 0 fully saturated rings. The van der Waals surface area contributed by atoms with Gasteiger partial charge in [0.2, 0.25) is 0 Å². The predicted molar refractivity (Wildman–Crippen MR) is 92.9 cm³/mol. The van der Waals surface area contributed by atoms with Crippen molar-refractivity contribution in [2.45, 2.75) is 37.8 Å². The highest BCUT2D eigenvalue weighted by molar-refractivity contribution is 8.00. The monoisotopic (exact) mass is 331 g/mol. The molecule has 1 atom stereocenters. The lowest BCUT2D eigenvalue weighted by Gasteiger charge is -2.10. The summed E-state index contributed by atoms with van der Waals surface area (Å²) in [4.78, 5) is 28.5. The van der Waals surface area contributed by atoms with Crippen LogP contribution in [0.5, 0.6) is 5.75 Å². The molecule has 1 aromatic carbocycles. The van der Waals surface area contributed by atoms with E-state index in [1.165, 1.54) is 18.7 Å².